The summed E-state index contributed by atoms with van der Waals surface area (Å²) in [5.74, 6) is 0.885. The minimum absolute atomic E-state index is 0.0780. The summed E-state index contributed by atoms with van der Waals surface area (Å²) in [6.45, 7) is 1.09. The van der Waals surface area contributed by atoms with E-state index in [4.69, 9.17) is 9.47 Å². The largest absolute Gasteiger partial charge is 0.493 e. The minimum Gasteiger partial charge on any atom is -0.493 e. The van der Waals surface area contributed by atoms with E-state index < -0.39 is 6.10 Å². The summed E-state index contributed by atoms with van der Waals surface area (Å²) in [6.07, 6.45) is 2.03. The zero-order valence-electron chi connectivity index (χ0n) is 13.4. The van der Waals surface area contributed by atoms with E-state index in [1.54, 1.807) is 12.1 Å². The smallest absolute Gasteiger partial charge is 0.294 e. The quantitative estimate of drug-likeness (QED) is 0.698. The number of hydrogen-bond acceptors (Lipinski definition) is 4. The van der Waals surface area contributed by atoms with Crippen LogP contribution in [0.25, 0.3) is 0 Å². The summed E-state index contributed by atoms with van der Waals surface area (Å²) in [7, 11) is 0. The van der Waals surface area contributed by atoms with E-state index in [1.807, 2.05) is 18.2 Å². The van der Waals surface area contributed by atoms with Gasteiger partial charge < -0.3 is 9.47 Å². The summed E-state index contributed by atoms with van der Waals surface area (Å²) in [5.41, 5.74) is 3.12. The molecule has 0 spiro atoms. The molecule has 4 nitrogen and oxygen atoms in total. The fourth-order valence-electron chi connectivity index (χ4n) is 2.99. The topological polar surface area (TPSA) is 52.6 Å². The van der Waals surface area contributed by atoms with Crippen molar-refractivity contribution in [2.24, 2.45) is 0 Å². The van der Waals surface area contributed by atoms with Crippen molar-refractivity contribution in [3.63, 3.8) is 0 Å². The molecule has 0 fully saturated rings. The SMILES string of the molecule is O=COC(C(=O)CCCc1ccc2c(c1)OCC2)c1ccccc1. The third-order valence-corrected chi connectivity index (χ3v) is 4.24. The number of Topliss-reactive ketones (excluding diaryl/α,β-unsaturated/α-hetero) is 1. The maximum atomic E-state index is 12.4. The second-order valence-electron chi connectivity index (χ2n) is 5.88. The van der Waals surface area contributed by atoms with E-state index in [-0.39, 0.29) is 5.78 Å². The molecular formula is C20H20O4. The van der Waals surface area contributed by atoms with Crippen LogP contribution in [0.2, 0.25) is 0 Å². The van der Waals surface area contributed by atoms with Crippen molar-refractivity contribution in [1.82, 2.24) is 0 Å². The number of fused-ring (bicyclic) bond motifs is 1. The molecule has 3 rings (SSSR count). The van der Waals surface area contributed by atoms with Crippen LogP contribution in [-0.4, -0.2) is 18.9 Å². The van der Waals surface area contributed by atoms with Crippen molar-refractivity contribution in [2.75, 3.05) is 6.61 Å². The fraction of sp³-hybridized carbons (Fsp3) is 0.300. The second-order valence-corrected chi connectivity index (χ2v) is 5.88. The highest BCUT2D eigenvalue weighted by atomic mass is 16.5. The Balaban J connectivity index is 1.57. The van der Waals surface area contributed by atoms with Gasteiger partial charge in [0, 0.05) is 12.8 Å². The van der Waals surface area contributed by atoms with Crippen molar-refractivity contribution in [1.29, 1.82) is 0 Å². The van der Waals surface area contributed by atoms with Gasteiger partial charge in [-0.3, -0.25) is 9.59 Å². The molecule has 4 heteroatoms. The van der Waals surface area contributed by atoms with Crippen LogP contribution in [0.15, 0.2) is 48.5 Å². The number of carbonyl (C=O) groups is 2. The lowest BCUT2D eigenvalue weighted by Crippen LogP contribution is -2.15. The molecule has 1 atom stereocenters. The van der Waals surface area contributed by atoms with Crippen LogP contribution in [0, 0.1) is 0 Å². The molecule has 0 radical (unpaired) electrons. The van der Waals surface area contributed by atoms with E-state index in [9.17, 15) is 9.59 Å². The van der Waals surface area contributed by atoms with E-state index in [1.165, 1.54) is 5.56 Å². The maximum absolute atomic E-state index is 12.4. The molecule has 0 bridgehead atoms. The minimum atomic E-state index is -0.813. The van der Waals surface area contributed by atoms with Gasteiger partial charge in [-0.2, -0.15) is 0 Å². The van der Waals surface area contributed by atoms with E-state index in [0.29, 0.717) is 24.9 Å². The molecule has 0 N–H and O–H groups in total. The van der Waals surface area contributed by atoms with Gasteiger partial charge in [0.25, 0.3) is 6.47 Å². The molecule has 1 aliphatic heterocycles. The number of ketones is 1. The lowest BCUT2D eigenvalue weighted by molar-refractivity contribution is -0.144. The Morgan fingerprint density at radius 2 is 2.04 bits per heavy atom. The van der Waals surface area contributed by atoms with Crippen LogP contribution in [0.3, 0.4) is 0 Å². The molecular weight excluding hydrogens is 304 g/mol. The predicted molar refractivity (Wildman–Crippen MR) is 89.9 cm³/mol. The third kappa shape index (κ3) is 3.82. The van der Waals surface area contributed by atoms with Gasteiger partial charge in [0.05, 0.1) is 6.61 Å². The van der Waals surface area contributed by atoms with E-state index in [0.717, 1.165) is 30.8 Å². The van der Waals surface area contributed by atoms with Gasteiger partial charge in [-0.25, -0.2) is 0 Å². The first-order valence-electron chi connectivity index (χ1n) is 8.19. The molecule has 1 heterocycles. The summed E-state index contributed by atoms with van der Waals surface area (Å²) >= 11 is 0. The van der Waals surface area contributed by atoms with Gasteiger partial charge in [-0.1, -0.05) is 42.5 Å². The van der Waals surface area contributed by atoms with E-state index in [2.05, 4.69) is 18.2 Å². The number of rotatable bonds is 8. The summed E-state index contributed by atoms with van der Waals surface area (Å²) in [5, 5.41) is 0. The molecule has 1 unspecified atom stereocenters. The van der Waals surface area contributed by atoms with Gasteiger partial charge in [0.15, 0.2) is 11.9 Å². The van der Waals surface area contributed by atoms with Gasteiger partial charge in [-0.05, 0) is 35.6 Å². The van der Waals surface area contributed by atoms with Crippen LogP contribution in [-0.2, 0) is 27.2 Å². The first-order chi connectivity index (χ1) is 11.8. The lowest BCUT2D eigenvalue weighted by Gasteiger charge is -2.14. The molecule has 2 aromatic carbocycles. The van der Waals surface area contributed by atoms with Crippen molar-refractivity contribution in [3.05, 3.63) is 65.2 Å². The summed E-state index contributed by atoms with van der Waals surface area (Å²) < 4.78 is 10.6. The number of hydrogen-bond donors (Lipinski definition) is 0. The summed E-state index contributed by atoms with van der Waals surface area (Å²) in [4.78, 5) is 23.1. The predicted octanol–water partition coefficient (Wildman–Crippen LogP) is 3.43. The van der Waals surface area contributed by atoms with Crippen LogP contribution in [0.1, 0.15) is 35.6 Å². The Kier molecular flexibility index (Phi) is 5.26. The van der Waals surface area contributed by atoms with Crippen LogP contribution < -0.4 is 4.74 Å². The Hall–Kier alpha value is -2.62. The monoisotopic (exact) mass is 324 g/mol. The van der Waals surface area contributed by atoms with Gasteiger partial charge >= 0.3 is 0 Å². The van der Waals surface area contributed by atoms with Crippen molar-refractivity contribution in [2.45, 2.75) is 31.8 Å². The standard InChI is InChI=1S/C20H20O4/c21-14-24-20(17-6-2-1-3-7-17)18(22)8-4-5-15-9-10-16-11-12-23-19(16)13-15/h1-3,6-7,9-10,13-14,20H,4-5,8,11-12H2. The molecule has 2 aromatic rings. The van der Waals surface area contributed by atoms with Crippen molar-refractivity contribution in [3.8, 4) is 5.75 Å². The lowest BCUT2D eigenvalue weighted by atomic mass is 9.99. The molecule has 0 aliphatic carbocycles. The third-order valence-electron chi connectivity index (χ3n) is 4.24. The Bertz CT molecular complexity index is 709. The zero-order chi connectivity index (χ0) is 16.8. The normalized spacial score (nSPS) is 13.7. The van der Waals surface area contributed by atoms with Gasteiger partial charge in [-0.15, -0.1) is 0 Å². The number of aryl methyl sites for hydroxylation is 1. The Labute approximate surface area is 141 Å². The van der Waals surface area contributed by atoms with Gasteiger partial charge in [0.1, 0.15) is 5.75 Å². The van der Waals surface area contributed by atoms with Crippen LogP contribution >= 0.6 is 0 Å². The molecule has 0 aromatic heterocycles. The van der Waals surface area contributed by atoms with Crippen molar-refractivity contribution < 1.29 is 19.1 Å². The van der Waals surface area contributed by atoms with Crippen LogP contribution in [0.5, 0.6) is 5.75 Å². The second kappa shape index (κ2) is 7.77. The Morgan fingerprint density at radius 3 is 2.83 bits per heavy atom. The average molecular weight is 324 g/mol. The number of ether oxygens (including phenoxy) is 2. The Morgan fingerprint density at radius 1 is 1.21 bits per heavy atom. The number of carbonyl (C=O) groups excluding carboxylic acids is 2. The first-order valence-corrected chi connectivity index (χ1v) is 8.19. The zero-order valence-corrected chi connectivity index (χ0v) is 13.4. The molecule has 0 saturated heterocycles. The van der Waals surface area contributed by atoms with E-state index >= 15 is 0 Å². The fourth-order valence-corrected chi connectivity index (χ4v) is 2.99. The highest BCUT2D eigenvalue weighted by Crippen LogP contribution is 2.27. The van der Waals surface area contributed by atoms with Gasteiger partial charge in [0.2, 0.25) is 0 Å². The maximum Gasteiger partial charge on any atom is 0.294 e. The van der Waals surface area contributed by atoms with Crippen LogP contribution in [0.4, 0.5) is 0 Å². The molecule has 124 valence electrons. The summed E-state index contributed by atoms with van der Waals surface area (Å²) in [6, 6.07) is 15.4. The van der Waals surface area contributed by atoms with Crippen molar-refractivity contribution >= 4 is 12.3 Å². The molecule has 0 saturated carbocycles. The number of benzene rings is 2. The first kappa shape index (κ1) is 16.2. The molecule has 24 heavy (non-hydrogen) atoms. The highest BCUT2D eigenvalue weighted by molar-refractivity contribution is 5.85. The molecule has 1 aliphatic rings. The average Bonchev–Trinajstić information content (AvgIpc) is 3.08. The molecule has 0 amide bonds. The highest BCUT2D eigenvalue weighted by Gasteiger charge is 2.21.